The van der Waals surface area contributed by atoms with E-state index in [9.17, 15) is 22.0 Å². The summed E-state index contributed by atoms with van der Waals surface area (Å²) in [5.41, 5.74) is -1.95. The fraction of sp³-hybridized carbons (Fsp3) is 0.375. The van der Waals surface area contributed by atoms with E-state index in [1.54, 1.807) is 0 Å². The van der Waals surface area contributed by atoms with E-state index in [0.717, 1.165) is 0 Å². The van der Waals surface area contributed by atoms with E-state index in [-0.39, 0.29) is 9.26 Å². The minimum atomic E-state index is -4.63. The molecule has 0 atom stereocenters. The van der Waals surface area contributed by atoms with Gasteiger partial charge in [0.2, 0.25) is 0 Å². The summed E-state index contributed by atoms with van der Waals surface area (Å²) < 4.78 is 61.5. The van der Waals surface area contributed by atoms with Gasteiger partial charge in [-0.25, -0.2) is 8.78 Å². The molecule has 0 aliphatic rings. The second-order valence-corrected chi connectivity index (χ2v) is 3.87. The predicted octanol–water partition coefficient (Wildman–Crippen LogP) is 3.95. The van der Waals surface area contributed by atoms with Gasteiger partial charge in [-0.05, 0) is 35.6 Å². The Balaban J connectivity index is 3.38. The van der Waals surface area contributed by atoms with Crippen LogP contribution >= 0.6 is 22.6 Å². The molecule has 0 saturated carbocycles. The van der Waals surface area contributed by atoms with Crippen LogP contribution in [0.1, 0.15) is 23.4 Å². The molecule has 15 heavy (non-hydrogen) atoms. The molecule has 0 saturated heterocycles. The molecule has 0 aliphatic heterocycles. The van der Waals surface area contributed by atoms with Crippen LogP contribution in [0.25, 0.3) is 0 Å². The van der Waals surface area contributed by atoms with Gasteiger partial charge in [-0.15, -0.1) is 0 Å². The highest BCUT2D eigenvalue weighted by Gasteiger charge is 2.35. The summed E-state index contributed by atoms with van der Waals surface area (Å²) in [5, 5.41) is 0. The highest BCUT2D eigenvalue weighted by molar-refractivity contribution is 14.1. The van der Waals surface area contributed by atoms with E-state index in [4.69, 9.17) is 0 Å². The van der Waals surface area contributed by atoms with Crippen LogP contribution in [0.2, 0.25) is 0 Å². The van der Waals surface area contributed by atoms with Crippen molar-refractivity contribution >= 4 is 22.6 Å². The van der Waals surface area contributed by atoms with Gasteiger partial charge in [0, 0.05) is 3.57 Å². The summed E-state index contributed by atoms with van der Waals surface area (Å²) in [6.07, 6.45) is -7.63. The highest BCUT2D eigenvalue weighted by Crippen LogP contribution is 2.35. The zero-order valence-corrected chi connectivity index (χ0v) is 9.53. The Morgan fingerprint density at radius 1 is 1.33 bits per heavy atom. The number of aromatic nitrogens is 1. The first kappa shape index (κ1) is 12.6. The summed E-state index contributed by atoms with van der Waals surface area (Å²) >= 11 is 1.44. The van der Waals surface area contributed by atoms with E-state index >= 15 is 0 Å². The third-order valence-corrected chi connectivity index (χ3v) is 3.03. The number of aryl methyl sites for hydroxylation is 1. The standard InChI is InChI=1S/C8H5F5IN/c1-3-6(14)4(8(11,12)13)2-5(15-3)7(9)10/h2,7H,1H3. The first-order valence-electron chi connectivity index (χ1n) is 3.76. The minimum absolute atomic E-state index is 0.0410. The largest absolute Gasteiger partial charge is 0.417 e. The van der Waals surface area contributed by atoms with E-state index in [1.807, 2.05) is 0 Å². The molecule has 0 spiro atoms. The van der Waals surface area contributed by atoms with Crippen molar-refractivity contribution in [1.29, 1.82) is 0 Å². The maximum absolute atomic E-state index is 12.4. The fourth-order valence-electron chi connectivity index (χ4n) is 0.999. The van der Waals surface area contributed by atoms with Gasteiger partial charge >= 0.3 is 6.18 Å². The number of halogens is 6. The van der Waals surface area contributed by atoms with Gasteiger partial charge in [0.15, 0.2) is 0 Å². The van der Waals surface area contributed by atoms with Crippen molar-refractivity contribution in [2.75, 3.05) is 0 Å². The molecule has 1 heterocycles. The molecular formula is C8H5F5IN. The monoisotopic (exact) mass is 337 g/mol. The van der Waals surface area contributed by atoms with Crippen molar-refractivity contribution in [3.8, 4) is 0 Å². The van der Waals surface area contributed by atoms with Crippen LogP contribution in [0, 0.1) is 10.5 Å². The number of hydrogen-bond acceptors (Lipinski definition) is 1. The van der Waals surface area contributed by atoms with E-state index in [1.165, 1.54) is 29.5 Å². The predicted molar refractivity (Wildman–Crippen MR) is 51.7 cm³/mol. The molecule has 0 amide bonds. The zero-order valence-electron chi connectivity index (χ0n) is 7.37. The molecule has 0 aromatic carbocycles. The quantitative estimate of drug-likeness (QED) is 0.559. The van der Waals surface area contributed by atoms with Crippen molar-refractivity contribution in [3.05, 3.63) is 26.6 Å². The SMILES string of the molecule is Cc1nc(C(F)F)cc(C(F)(F)F)c1I. The molecule has 0 fully saturated rings. The molecular weight excluding hydrogens is 332 g/mol. The van der Waals surface area contributed by atoms with Crippen LogP contribution in [0.4, 0.5) is 22.0 Å². The first-order chi connectivity index (χ1) is 6.73. The molecule has 0 bridgehead atoms. The molecule has 1 nitrogen and oxygen atoms in total. The van der Waals surface area contributed by atoms with Crippen molar-refractivity contribution in [2.24, 2.45) is 0 Å². The second kappa shape index (κ2) is 4.18. The molecule has 1 aromatic rings. The Morgan fingerprint density at radius 2 is 1.87 bits per heavy atom. The molecule has 7 heteroatoms. The van der Waals surface area contributed by atoms with Gasteiger partial charge in [0.1, 0.15) is 5.69 Å². The van der Waals surface area contributed by atoms with Crippen LogP contribution in [0.3, 0.4) is 0 Å². The maximum Gasteiger partial charge on any atom is 0.417 e. The summed E-state index contributed by atoms with van der Waals surface area (Å²) in [5.74, 6) is 0. The normalized spacial score (nSPS) is 12.3. The lowest BCUT2D eigenvalue weighted by Gasteiger charge is -2.12. The minimum Gasteiger partial charge on any atom is -0.251 e. The molecule has 84 valence electrons. The number of hydrogen-bond donors (Lipinski definition) is 0. The number of pyridine rings is 1. The molecule has 0 unspecified atom stereocenters. The Morgan fingerprint density at radius 3 is 2.27 bits per heavy atom. The lowest BCUT2D eigenvalue weighted by Crippen LogP contribution is -2.11. The van der Waals surface area contributed by atoms with Crippen molar-refractivity contribution in [3.63, 3.8) is 0 Å². The third-order valence-electron chi connectivity index (χ3n) is 1.67. The summed E-state index contributed by atoms with van der Waals surface area (Å²) in [6, 6.07) is 0.388. The topological polar surface area (TPSA) is 12.9 Å². The number of rotatable bonds is 1. The van der Waals surface area contributed by atoms with Crippen LogP contribution in [-0.4, -0.2) is 4.98 Å². The summed E-state index contributed by atoms with van der Waals surface area (Å²) in [4.78, 5) is 3.39. The smallest absolute Gasteiger partial charge is 0.251 e. The Bertz CT molecular complexity index is 374. The van der Waals surface area contributed by atoms with E-state index in [2.05, 4.69) is 4.98 Å². The average molecular weight is 337 g/mol. The third kappa shape index (κ3) is 2.76. The van der Waals surface area contributed by atoms with Crippen molar-refractivity contribution < 1.29 is 22.0 Å². The van der Waals surface area contributed by atoms with Gasteiger partial charge in [0.25, 0.3) is 6.43 Å². The van der Waals surface area contributed by atoms with Crippen LogP contribution in [0.5, 0.6) is 0 Å². The lowest BCUT2D eigenvalue weighted by atomic mass is 10.2. The average Bonchev–Trinajstić information content (AvgIpc) is 2.06. The van der Waals surface area contributed by atoms with Crippen LogP contribution in [-0.2, 0) is 6.18 Å². The van der Waals surface area contributed by atoms with E-state index < -0.39 is 23.9 Å². The second-order valence-electron chi connectivity index (χ2n) is 2.79. The number of alkyl halides is 5. The Labute approximate surface area is 95.8 Å². The van der Waals surface area contributed by atoms with Crippen molar-refractivity contribution in [1.82, 2.24) is 4.98 Å². The van der Waals surface area contributed by atoms with Gasteiger partial charge in [-0.3, -0.25) is 4.98 Å². The lowest BCUT2D eigenvalue weighted by molar-refractivity contribution is -0.138. The maximum atomic E-state index is 12.4. The molecule has 0 radical (unpaired) electrons. The highest BCUT2D eigenvalue weighted by atomic mass is 127. The van der Waals surface area contributed by atoms with Crippen LogP contribution < -0.4 is 0 Å². The van der Waals surface area contributed by atoms with Gasteiger partial charge in [-0.1, -0.05) is 0 Å². The summed E-state index contributed by atoms with van der Waals surface area (Å²) in [7, 11) is 0. The molecule has 0 N–H and O–H groups in total. The molecule has 1 aromatic heterocycles. The van der Waals surface area contributed by atoms with Crippen molar-refractivity contribution in [2.45, 2.75) is 19.5 Å². The molecule has 1 rings (SSSR count). The van der Waals surface area contributed by atoms with Gasteiger partial charge in [0.05, 0.1) is 11.3 Å². The fourth-order valence-corrected chi connectivity index (χ4v) is 1.58. The van der Waals surface area contributed by atoms with Gasteiger partial charge < -0.3 is 0 Å². The van der Waals surface area contributed by atoms with Crippen LogP contribution in [0.15, 0.2) is 6.07 Å². The van der Waals surface area contributed by atoms with E-state index in [0.29, 0.717) is 6.07 Å². The Hall–Kier alpha value is -0.470. The van der Waals surface area contributed by atoms with Gasteiger partial charge in [-0.2, -0.15) is 13.2 Å². The summed E-state index contributed by atoms with van der Waals surface area (Å²) in [6.45, 7) is 1.27. The number of nitrogens with zero attached hydrogens (tertiary/aromatic N) is 1. The zero-order chi connectivity index (χ0) is 11.8. The first-order valence-corrected chi connectivity index (χ1v) is 4.83. The molecule has 0 aliphatic carbocycles. The Kier molecular flexibility index (Phi) is 3.51.